The van der Waals surface area contributed by atoms with Crippen molar-refractivity contribution >= 4 is 17.7 Å². The Morgan fingerprint density at radius 1 is 1.14 bits per heavy atom. The van der Waals surface area contributed by atoms with Crippen LogP contribution in [0.2, 0.25) is 0 Å². The second kappa shape index (κ2) is 10.7. The Hall–Kier alpha value is -3.65. The average molecular weight is 478 g/mol. The number of ether oxygens (including phenoxy) is 2. The zero-order chi connectivity index (χ0) is 24.9. The predicted molar refractivity (Wildman–Crippen MR) is 132 cm³/mol. The van der Waals surface area contributed by atoms with Crippen LogP contribution < -0.4 is 5.32 Å². The van der Waals surface area contributed by atoms with Gasteiger partial charge in [0.25, 0.3) is 0 Å². The second-order valence-corrected chi connectivity index (χ2v) is 9.03. The van der Waals surface area contributed by atoms with Crippen LogP contribution in [0, 0.1) is 12.8 Å². The van der Waals surface area contributed by atoms with Crippen molar-refractivity contribution < 1.29 is 24.2 Å². The van der Waals surface area contributed by atoms with E-state index in [0.717, 1.165) is 35.2 Å². The van der Waals surface area contributed by atoms with Crippen molar-refractivity contribution in [1.29, 1.82) is 0 Å². The Balaban J connectivity index is 1.43. The van der Waals surface area contributed by atoms with Gasteiger partial charge in [0.15, 0.2) is 6.10 Å². The molecule has 0 radical (unpaired) electrons. The number of hydrogen-bond acceptors (Lipinski definition) is 5. The first-order chi connectivity index (χ1) is 16.8. The molecule has 3 aromatic rings. The van der Waals surface area contributed by atoms with E-state index in [1.54, 1.807) is 4.68 Å². The van der Waals surface area contributed by atoms with E-state index in [9.17, 15) is 14.7 Å². The molecule has 1 saturated carbocycles. The molecule has 1 amide bonds. The van der Waals surface area contributed by atoms with Gasteiger partial charge in [-0.15, -0.1) is 0 Å². The summed E-state index contributed by atoms with van der Waals surface area (Å²) in [5, 5.41) is 16.8. The smallest absolute Gasteiger partial charge is 0.412 e. The molecule has 1 aliphatic rings. The minimum atomic E-state index is -0.915. The number of benzene rings is 2. The van der Waals surface area contributed by atoms with Crippen LogP contribution in [0.4, 0.5) is 10.5 Å². The lowest BCUT2D eigenvalue weighted by molar-refractivity contribution is -0.152. The summed E-state index contributed by atoms with van der Waals surface area (Å²) in [5.74, 6) is -0.444. The van der Waals surface area contributed by atoms with Crippen LogP contribution in [0.25, 0.3) is 11.3 Å². The fraction of sp³-hybridized carbons (Fsp3) is 0.370. The monoisotopic (exact) mass is 477 g/mol. The molecule has 0 saturated heterocycles. The number of carboxylic acid groups (broad SMARTS) is 1. The lowest BCUT2D eigenvalue weighted by atomic mass is 10.1. The minimum Gasteiger partial charge on any atom is -0.479 e. The van der Waals surface area contributed by atoms with Gasteiger partial charge >= 0.3 is 12.1 Å². The third kappa shape index (κ3) is 6.27. The summed E-state index contributed by atoms with van der Waals surface area (Å²) in [6.07, 6.45) is 1.00. The molecule has 8 heteroatoms. The van der Waals surface area contributed by atoms with Gasteiger partial charge in [-0.1, -0.05) is 67.4 Å². The first kappa shape index (κ1) is 24.5. The van der Waals surface area contributed by atoms with E-state index in [-0.39, 0.29) is 6.61 Å². The molecule has 2 atom stereocenters. The molecule has 2 unspecified atom stereocenters. The van der Waals surface area contributed by atoms with E-state index in [1.807, 2.05) is 75.5 Å². The first-order valence-corrected chi connectivity index (χ1v) is 11.8. The van der Waals surface area contributed by atoms with Gasteiger partial charge in [-0.2, -0.15) is 5.10 Å². The average Bonchev–Trinajstić information content (AvgIpc) is 3.63. The van der Waals surface area contributed by atoms with Gasteiger partial charge in [-0.25, -0.2) is 9.59 Å². The number of aryl methyl sites for hydroxylation is 1. The molecule has 184 valence electrons. The molecule has 1 fully saturated rings. The maximum atomic E-state index is 12.6. The van der Waals surface area contributed by atoms with Gasteiger partial charge in [0.05, 0.1) is 18.0 Å². The zero-order valence-electron chi connectivity index (χ0n) is 20.2. The van der Waals surface area contributed by atoms with Crippen molar-refractivity contribution in [2.24, 2.45) is 13.0 Å². The number of rotatable bonds is 10. The van der Waals surface area contributed by atoms with Gasteiger partial charge in [-0.3, -0.25) is 10.00 Å². The third-order valence-electron chi connectivity index (χ3n) is 6.31. The van der Waals surface area contributed by atoms with E-state index in [0.29, 0.717) is 23.7 Å². The van der Waals surface area contributed by atoms with Crippen LogP contribution in [0.3, 0.4) is 0 Å². The number of hydrogen-bond donors (Lipinski definition) is 2. The highest BCUT2D eigenvalue weighted by Gasteiger charge is 2.29. The van der Waals surface area contributed by atoms with Gasteiger partial charge in [-0.05, 0) is 37.3 Å². The maximum absolute atomic E-state index is 12.6. The van der Waals surface area contributed by atoms with E-state index in [1.165, 1.54) is 0 Å². The van der Waals surface area contributed by atoms with E-state index < -0.39 is 24.3 Å². The Morgan fingerprint density at radius 2 is 1.83 bits per heavy atom. The number of nitrogens with one attached hydrogen (secondary N) is 1. The quantitative estimate of drug-likeness (QED) is 0.401. The topological polar surface area (TPSA) is 103 Å². The SMILES string of the molecule is Cc1c(NC(=O)OC(C)c2ccccc2)c(-c2ccc(COC(CC3CC3)C(=O)O)cc2)nn1C. The molecule has 0 aliphatic heterocycles. The van der Waals surface area contributed by atoms with Crippen molar-refractivity contribution in [3.8, 4) is 11.3 Å². The van der Waals surface area contributed by atoms with Crippen molar-refractivity contribution in [2.75, 3.05) is 5.32 Å². The number of carboxylic acids is 1. The fourth-order valence-electron chi connectivity index (χ4n) is 3.90. The molecule has 35 heavy (non-hydrogen) atoms. The standard InChI is InChI=1S/C27H31N3O5/c1-17-24(28-27(33)35-18(2)21-7-5-4-6-8-21)25(29-30(17)3)22-13-11-20(12-14-22)16-34-23(26(31)32)15-19-9-10-19/h4-8,11-14,18-19,23H,9-10,15-16H2,1-3H3,(H,28,33)(H,31,32). The molecule has 8 nitrogen and oxygen atoms in total. The van der Waals surface area contributed by atoms with Crippen LogP contribution in [0.1, 0.15) is 49.1 Å². The largest absolute Gasteiger partial charge is 0.479 e. The molecular weight excluding hydrogens is 446 g/mol. The van der Waals surface area contributed by atoms with Crippen LogP contribution in [0.15, 0.2) is 54.6 Å². The fourth-order valence-corrected chi connectivity index (χ4v) is 3.90. The van der Waals surface area contributed by atoms with Crippen molar-refractivity contribution in [2.45, 2.75) is 51.9 Å². The summed E-state index contributed by atoms with van der Waals surface area (Å²) < 4.78 is 12.9. The first-order valence-electron chi connectivity index (χ1n) is 11.8. The summed E-state index contributed by atoms with van der Waals surface area (Å²) in [5.41, 5.74) is 4.59. The van der Waals surface area contributed by atoms with Crippen molar-refractivity contribution in [1.82, 2.24) is 9.78 Å². The highest BCUT2D eigenvalue weighted by atomic mass is 16.6. The number of carbonyl (C=O) groups is 2. The summed E-state index contributed by atoms with van der Waals surface area (Å²) in [6.45, 7) is 3.92. The predicted octanol–water partition coefficient (Wildman–Crippen LogP) is 5.48. The van der Waals surface area contributed by atoms with Gasteiger partial charge in [0.1, 0.15) is 11.8 Å². The van der Waals surface area contributed by atoms with Gasteiger partial charge < -0.3 is 14.6 Å². The summed E-state index contributed by atoms with van der Waals surface area (Å²) in [4.78, 5) is 24.1. The maximum Gasteiger partial charge on any atom is 0.412 e. The Bertz CT molecular complexity index is 1170. The zero-order valence-corrected chi connectivity index (χ0v) is 20.2. The molecule has 1 heterocycles. The minimum absolute atomic E-state index is 0.222. The number of carbonyl (C=O) groups excluding carboxylic acids is 1. The third-order valence-corrected chi connectivity index (χ3v) is 6.31. The summed E-state index contributed by atoms with van der Waals surface area (Å²) >= 11 is 0. The number of aromatic nitrogens is 2. The van der Waals surface area contributed by atoms with Crippen LogP contribution in [-0.2, 0) is 27.9 Å². The van der Waals surface area contributed by atoms with E-state index >= 15 is 0 Å². The van der Waals surface area contributed by atoms with Crippen LogP contribution in [0.5, 0.6) is 0 Å². The molecule has 2 aromatic carbocycles. The molecule has 2 N–H and O–H groups in total. The van der Waals surface area contributed by atoms with E-state index in [4.69, 9.17) is 9.47 Å². The molecule has 0 spiro atoms. The van der Waals surface area contributed by atoms with Gasteiger partial charge in [0, 0.05) is 12.6 Å². The lowest BCUT2D eigenvalue weighted by Gasteiger charge is -2.15. The normalized spacial score (nSPS) is 14.8. The Labute approximate surface area is 204 Å². The Morgan fingerprint density at radius 3 is 2.46 bits per heavy atom. The van der Waals surface area contributed by atoms with Gasteiger partial charge in [0.2, 0.25) is 0 Å². The number of aliphatic carboxylic acids is 1. The summed E-state index contributed by atoms with van der Waals surface area (Å²) in [6, 6.07) is 17.1. The molecule has 0 bridgehead atoms. The van der Waals surface area contributed by atoms with Crippen LogP contribution >= 0.6 is 0 Å². The lowest BCUT2D eigenvalue weighted by Crippen LogP contribution is -2.24. The Kier molecular flexibility index (Phi) is 7.51. The molecular formula is C27H31N3O5. The number of nitrogens with zero attached hydrogens (tertiary/aromatic N) is 2. The highest BCUT2D eigenvalue weighted by Crippen LogP contribution is 2.35. The molecule has 1 aliphatic carbocycles. The summed E-state index contributed by atoms with van der Waals surface area (Å²) in [7, 11) is 1.82. The molecule has 1 aromatic heterocycles. The number of anilines is 1. The van der Waals surface area contributed by atoms with E-state index in [2.05, 4.69) is 10.4 Å². The highest BCUT2D eigenvalue weighted by molar-refractivity contribution is 5.91. The van der Waals surface area contributed by atoms with Crippen molar-refractivity contribution in [3.05, 3.63) is 71.4 Å². The molecule has 4 rings (SSSR count). The second-order valence-electron chi connectivity index (χ2n) is 9.03. The van der Waals surface area contributed by atoms with Crippen LogP contribution in [-0.4, -0.2) is 33.1 Å². The number of amides is 1. The van der Waals surface area contributed by atoms with Crippen molar-refractivity contribution in [3.63, 3.8) is 0 Å².